The molecule has 5 nitrogen and oxygen atoms in total. The lowest BCUT2D eigenvalue weighted by Gasteiger charge is -2.01. The molecule has 0 radical (unpaired) electrons. The maximum absolute atomic E-state index is 12.5. The fourth-order valence-corrected chi connectivity index (χ4v) is 2.35. The standard InChI is InChI=1S/C16H12ClN3O2/c1-10-13(3-2-8-21)15-14(9-18-10)16(22)20(19-15)12-6-4-11(17)5-7-12/h4-7,9,19,21H,8H2,1H3. The predicted octanol–water partition coefficient (Wildman–Crippen LogP) is 2.02. The molecule has 1 aromatic carbocycles. The molecule has 0 spiro atoms. The number of aliphatic hydroxyl groups is 1. The van der Waals surface area contributed by atoms with E-state index in [4.69, 9.17) is 16.7 Å². The first kappa shape index (κ1) is 14.4. The van der Waals surface area contributed by atoms with E-state index in [-0.39, 0.29) is 12.2 Å². The second kappa shape index (κ2) is 5.68. The third-order valence-corrected chi connectivity index (χ3v) is 3.55. The van der Waals surface area contributed by atoms with Gasteiger partial charge in [-0.3, -0.25) is 14.9 Å². The molecule has 6 heteroatoms. The highest BCUT2D eigenvalue weighted by molar-refractivity contribution is 6.30. The summed E-state index contributed by atoms with van der Waals surface area (Å²) in [5, 5.41) is 13.0. The molecule has 2 aromatic heterocycles. The van der Waals surface area contributed by atoms with E-state index in [2.05, 4.69) is 21.9 Å². The minimum atomic E-state index is -0.252. The molecule has 3 aromatic rings. The summed E-state index contributed by atoms with van der Waals surface area (Å²) < 4.78 is 1.42. The molecule has 2 N–H and O–H groups in total. The fraction of sp³-hybridized carbons (Fsp3) is 0.125. The minimum absolute atomic E-state index is 0.211. The summed E-state index contributed by atoms with van der Waals surface area (Å²) in [5.74, 6) is 5.43. The van der Waals surface area contributed by atoms with Crippen LogP contribution in [0, 0.1) is 18.8 Å². The van der Waals surface area contributed by atoms with Gasteiger partial charge in [0.15, 0.2) is 0 Å². The van der Waals surface area contributed by atoms with Crippen molar-refractivity contribution in [2.75, 3.05) is 6.61 Å². The third-order valence-electron chi connectivity index (χ3n) is 3.30. The summed E-state index contributed by atoms with van der Waals surface area (Å²) in [4.78, 5) is 16.7. The van der Waals surface area contributed by atoms with Gasteiger partial charge in [0.1, 0.15) is 6.61 Å². The average molecular weight is 314 g/mol. The van der Waals surface area contributed by atoms with Crippen molar-refractivity contribution in [2.45, 2.75) is 6.92 Å². The SMILES string of the molecule is Cc1ncc2c(=O)n(-c3ccc(Cl)cc3)[nH]c2c1C#CCO. The molecule has 3 rings (SSSR count). The molecule has 0 aliphatic heterocycles. The number of fused-ring (bicyclic) bond motifs is 1. The zero-order chi connectivity index (χ0) is 15.7. The fourth-order valence-electron chi connectivity index (χ4n) is 2.22. The molecule has 0 saturated carbocycles. The van der Waals surface area contributed by atoms with Crippen LogP contribution in [0.2, 0.25) is 5.02 Å². The lowest BCUT2D eigenvalue weighted by atomic mass is 10.1. The molecular formula is C16H12ClN3O2. The van der Waals surface area contributed by atoms with Crippen molar-refractivity contribution in [1.29, 1.82) is 0 Å². The van der Waals surface area contributed by atoms with Gasteiger partial charge in [-0.1, -0.05) is 23.4 Å². The summed E-state index contributed by atoms with van der Waals surface area (Å²) >= 11 is 5.87. The van der Waals surface area contributed by atoms with Crippen molar-refractivity contribution < 1.29 is 5.11 Å². The first-order valence-electron chi connectivity index (χ1n) is 6.58. The van der Waals surface area contributed by atoms with Crippen molar-refractivity contribution in [3.63, 3.8) is 0 Å². The van der Waals surface area contributed by atoms with E-state index in [9.17, 15) is 4.79 Å². The van der Waals surface area contributed by atoms with Crippen molar-refractivity contribution >= 4 is 22.5 Å². The molecule has 0 atom stereocenters. The van der Waals surface area contributed by atoms with Gasteiger partial charge in [0, 0.05) is 11.2 Å². The van der Waals surface area contributed by atoms with Crippen LogP contribution < -0.4 is 5.56 Å². The van der Waals surface area contributed by atoms with Crippen LogP contribution in [0.1, 0.15) is 11.3 Å². The van der Waals surface area contributed by atoms with E-state index >= 15 is 0 Å². The number of H-pyrrole nitrogens is 1. The van der Waals surface area contributed by atoms with Crippen molar-refractivity contribution in [2.24, 2.45) is 0 Å². The summed E-state index contributed by atoms with van der Waals surface area (Å²) in [6.45, 7) is 1.55. The van der Waals surface area contributed by atoms with Gasteiger partial charge in [-0.25, -0.2) is 4.68 Å². The summed E-state index contributed by atoms with van der Waals surface area (Å²) in [7, 11) is 0. The number of hydrogen-bond acceptors (Lipinski definition) is 3. The molecule has 0 aliphatic carbocycles. The molecule has 110 valence electrons. The molecule has 0 saturated heterocycles. The number of pyridine rings is 1. The number of aryl methyl sites for hydroxylation is 1. The summed E-state index contributed by atoms with van der Waals surface area (Å²) in [6.07, 6.45) is 1.53. The van der Waals surface area contributed by atoms with Gasteiger partial charge in [-0.05, 0) is 31.2 Å². The zero-order valence-corrected chi connectivity index (χ0v) is 12.5. The number of aliphatic hydroxyl groups excluding tert-OH is 1. The van der Waals surface area contributed by atoms with E-state index in [0.717, 1.165) is 0 Å². The molecule has 0 bridgehead atoms. The number of benzene rings is 1. The molecule has 0 unspecified atom stereocenters. The van der Waals surface area contributed by atoms with Gasteiger partial charge >= 0.3 is 0 Å². The number of hydrogen-bond donors (Lipinski definition) is 2. The van der Waals surface area contributed by atoms with Gasteiger partial charge in [0.2, 0.25) is 0 Å². The van der Waals surface area contributed by atoms with Crippen molar-refractivity contribution in [3.05, 3.63) is 57.1 Å². The Morgan fingerprint density at radius 1 is 1.36 bits per heavy atom. The summed E-state index contributed by atoms with van der Waals surface area (Å²) in [6, 6.07) is 6.92. The van der Waals surface area contributed by atoms with E-state index in [1.807, 2.05) is 0 Å². The largest absolute Gasteiger partial charge is 0.384 e. The van der Waals surface area contributed by atoms with Crippen LogP contribution in [0.3, 0.4) is 0 Å². The Morgan fingerprint density at radius 2 is 2.09 bits per heavy atom. The van der Waals surface area contributed by atoms with E-state index in [1.165, 1.54) is 10.9 Å². The number of halogens is 1. The highest BCUT2D eigenvalue weighted by Gasteiger charge is 2.13. The second-order valence-corrected chi connectivity index (χ2v) is 5.13. The van der Waals surface area contributed by atoms with Gasteiger partial charge in [0.25, 0.3) is 5.56 Å². The van der Waals surface area contributed by atoms with Gasteiger partial charge in [-0.2, -0.15) is 0 Å². The van der Waals surface area contributed by atoms with Crippen molar-refractivity contribution in [1.82, 2.24) is 14.8 Å². The number of aromatic amines is 1. The van der Waals surface area contributed by atoms with Crippen LogP contribution in [-0.4, -0.2) is 26.5 Å². The Kier molecular flexibility index (Phi) is 3.72. The Balaban J connectivity index is 2.29. The number of nitrogens with zero attached hydrogens (tertiary/aromatic N) is 2. The smallest absolute Gasteiger partial charge is 0.280 e. The van der Waals surface area contributed by atoms with Crippen LogP contribution in [0.15, 0.2) is 35.3 Å². The quantitative estimate of drug-likeness (QED) is 0.675. The van der Waals surface area contributed by atoms with Crippen molar-refractivity contribution in [3.8, 4) is 17.5 Å². The number of aromatic nitrogens is 3. The molecule has 2 heterocycles. The normalized spacial score (nSPS) is 10.5. The molecule has 0 aliphatic rings. The van der Waals surface area contributed by atoms with Gasteiger partial charge < -0.3 is 5.11 Å². The van der Waals surface area contributed by atoms with Crippen LogP contribution in [0.25, 0.3) is 16.6 Å². The topological polar surface area (TPSA) is 70.9 Å². The lowest BCUT2D eigenvalue weighted by Crippen LogP contribution is -2.14. The van der Waals surface area contributed by atoms with Crippen LogP contribution in [0.5, 0.6) is 0 Å². The molecule has 0 amide bonds. The molecular weight excluding hydrogens is 302 g/mol. The predicted molar refractivity (Wildman–Crippen MR) is 85.4 cm³/mol. The molecule has 0 fully saturated rings. The minimum Gasteiger partial charge on any atom is -0.384 e. The maximum Gasteiger partial charge on any atom is 0.280 e. The first-order chi connectivity index (χ1) is 10.6. The van der Waals surface area contributed by atoms with Crippen LogP contribution in [0.4, 0.5) is 0 Å². The van der Waals surface area contributed by atoms with Gasteiger partial charge in [0.05, 0.1) is 27.8 Å². The zero-order valence-electron chi connectivity index (χ0n) is 11.7. The lowest BCUT2D eigenvalue weighted by molar-refractivity contribution is 0.350. The van der Waals surface area contributed by atoms with E-state index in [0.29, 0.717) is 32.9 Å². The average Bonchev–Trinajstić information content (AvgIpc) is 2.84. The Hall–Kier alpha value is -2.55. The monoisotopic (exact) mass is 313 g/mol. The first-order valence-corrected chi connectivity index (χ1v) is 6.95. The number of rotatable bonds is 1. The number of nitrogens with one attached hydrogen (secondary N) is 1. The van der Waals surface area contributed by atoms with Gasteiger partial charge in [-0.15, -0.1) is 0 Å². The Morgan fingerprint density at radius 3 is 2.77 bits per heavy atom. The summed E-state index contributed by atoms with van der Waals surface area (Å²) in [5.41, 5.74) is 2.36. The highest BCUT2D eigenvalue weighted by atomic mass is 35.5. The van der Waals surface area contributed by atoms with Crippen LogP contribution >= 0.6 is 11.6 Å². The maximum atomic E-state index is 12.5. The second-order valence-electron chi connectivity index (χ2n) is 4.70. The molecule has 22 heavy (non-hydrogen) atoms. The Labute approximate surface area is 131 Å². The van der Waals surface area contributed by atoms with Crippen LogP contribution in [-0.2, 0) is 0 Å². The van der Waals surface area contributed by atoms with E-state index < -0.39 is 0 Å². The third kappa shape index (κ3) is 2.39. The van der Waals surface area contributed by atoms with E-state index in [1.54, 1.807) is 31.2 Å². The highest BCUT2D eigenvalue weighted by Crippen LogP contribution is 2.18. The Bertz CT molecular complexity index is 959.